The third kappa shape index (κ3) is 6.23. The highest BCUT2D eigenvalue weighted by Crippen LogP contribution is 2.23. The van der Waals surface area contributed by atoms with E-state index in [4.69, 9.17) is 4.74 Å². The molecule has 0 aliphatic carbocycles. The standard InChI is InChI=1S/C22H25NO4S/c1-14(2)23-21(25)13-28-20-8-6-5-7-18(20)22(26)27-12-19(24)17-10-9-15(3)11-16(17)4/h5-11,14H,12-13H2,1-4H3,(H,23,25). The first-order chi connectivity index (χ1) is 13.3. The van der Waals surface area contributed by atoms with Gasteiger partial charge < -0.3 is 10.1 Å². The number of esters is 1. The van der Waals surface area contributed by atoms with Gasteiger partial charge in [0.1, 0.15) is 0 Å². The summed E-state index contributed by atoms with van der Waals surface area (Å²) in [6.07, 6.45) is 0. The van der Waals surface area contributed by atoms with Crippen LogP contribution in [0.5, 0.6) is 0 Å². The van der Waals surface area contributed by atoms with Crippen LogP contribution in [-0.2, 0) is 9.53 Å². The van der Waals surface area contributed by atoms with Gasteiger partial charge in [-0.15, -0.1) is 11.8 Å². The van der Waals surface area contributed by atoms with Crippen molar-refractivity contribution in [2.24, 2.45) is 0 Å². The quantitative estimate of drug-likeness (QED) is 0.413. The summed E-state index contributed by atoms with van der Waals surface area (Å²) in [7, 11) is 0. The second-order valence-electron chi connectivity index (χ2n) is 6.82. The zero-order valence-corrected chi connectivity index (χ0v) is 17.4. The van der Waals surface area contributed by atoms with Crippen LogP contribution in [0.2, 0.25) is 0 Å². The summed E-state index contributed by atoms with van der Waals surface area (Å²) >= 11 is 1.26. The molecule has 0 atom stereocenters. The normalized spacial score (nSPS) is 10.6. The fourth-order valence-corrected chi connectivity index (χ4v) is 3.53. The first-order valence-corrected chi connectivity index (χ1v) is 10.0. The van der Waals surface area contributed by atoms with Gasteiger partial charge in [0.2, 0.25) is 11.7 Å². The Balaban J connectivity index is 2.00. The van der Waals surface area contributed by atoms with E-state index in [1.54, 1.807) is 30.3 Å². The summed E-state index contributed by atoms with van der Waals surface area (Å²) in [5.74, 6) is -0.727. The van der Waals surface area contributed by atoms with Gasteiger partial charge in [-0.25, -0.2) is 4.79 Å². The van der Waals surface area contributed by atoms with E-state index in [1.807, 2.05) is 39.8 Å². The number of Topliss-reactive ketones (excluding diaryl/α,β-unsaturated/α-hetero) is 1. The number of amides is 1. The van der Waals surface area contributed by atoms with Crippen LogP contribution >= 0.6 is 11.8 Å². The summed E-state index contributed by atoms with van der Waals surface area (Å²) in [6, 6.07) is 12.5. The maximum absolute atomic E-state index is 12.5. The lowest BCUT2D eigenvalue weighted by Crippen LogP contribution is -2.31. The van der Waals surface area contributed by atoms with Crippen molar-refractivity contribution in [3.63, 3.8) is 0 Å². The van der Waals surface area contributed by atoms with Crippen LogP contribution < -0.4 is 5.32 Å². The fraction of sp³-hybridized carbons (Fsp3) is 0.318. The number of carbonyl (C=O) groups excluding carboxylic acids is 3. The minimum absolute atomic E-state index is 0.0598. The molecule has 28 heavy (non-hydrogen) atoms. The summed E-state index contributed by atoms with van der Waals surface area (Å²) < 4.78 is 5.24. The predicted octanol–water partition coefficient (Wildman–Crippen LogP) is 3.96. The van der Waals surface area contributed by atoms with Gasteiger partial charge in [-0.3, -0.25) is 9.59 Å². The average molecular weight is 400 g/mol. The van der Waals surface area contributed by atoms with Crippen molar-refractivity contribution in [2.45, 2.75) is 38.6 Å². The number of benzene rings is 2. The monoisotopic (exact) mass is 399 g/mol. The first-order valence-electron chi connectivity index (χ1n) is 9.06. The summed E-state index contributed by atoms with van der Waals surface area (Å²) in [5.41, 5.74) is 2.82. The number of rotatable bonds is 8. The molecule has 2 rings (SSSR count). The van der Waals surface area contributed by atoms with Gasteiger partial charge in [0, 0.05) is 16.5 Å². The number of thioether (sulfide) groups is 1. The van der Waals surface area contributed by atoms with Crippen molar-refractivity contribution in [3.05, 3.63) is 64.7 Å². The molecule has 0 spiro atoms. The number of aryl methyl sites for hydroxylation is 2. The van der Waals surface area contributed by atoms with Gasteiger partial charge in [-0.1, -0.05) is 35.9 Å². The summed E-state index contributed by atoms with van der Waals surface area (Å²) in [4.78, 5) is 37.3. The Labute approximate surface area is 169 Å². The van der Waals surface area contributed by atoms with E-state index in [0.29, 0.717) is 16.0 Å². The molecule has 0 aliphatic heterocycles. The molecule has 148 valence electrons. The zero-order valence-electron chi connectivity index (χ0n) is 16.6. The van der Waals surface area contributed by atoms with Crippen LogP contribution in [0.15, 0.2) is 47.4 Å². The molecule has 0 fully saturated rings. The maximum atomic E-state index is 12.5. The number of hydrogen-bond acceptors (Lipinski definition) is 5. The molecule has 0 bridgehead atoms. The largest absolute Gasteiger partial charge is 0.454 e. The molecular formula is C22H25NO4S. The Morgan fingerprint density at radius 2 is 1.75 bits per heavy atom. The SMILES string of the molecule is Cc1ccc(C(=O)COC(=O)c2ccccc2SCC(=O)NC(C)C)c(C)c1. The van der Waals surface area contributed by atoms with Gasteiger partial charge in [-0.05, 0) is 45.4 Å². The van der Waals surface area contributed by atoms with Crippen molar-refractivity contribution >= 4 is 29.4 Å². The Hall–Kier alpha value is -2.60. The molecule has 0 aromatic heterocycles. The van der Waals surface area contributed by atoms with Crippen molar-refractivity contribution in [3.8, 4) is 0 Å². The molecule has 0 saturated heterocycles. The van der Waals surface area contributed by atoms with Crippen molar-refractivity contribution < 1.29 is 19.1 Å². The lowest BCUT2D eigenvalue weighted by atomic mass is 10.0. The third-order valence-electron chi connectivity index (χ3n) is 3.93. The molecular weight excluding hydrogens is 374 g/mol. The van der Waals surface area contributed by atoms with E-state index < -0.39 is 5.97 Å². The second kappa shape index (κ2) is 10.1. The van der Waals surface area contributed by atoms with E-state index in [9.17, 15) is 14.4 Å². The van der Waals surface area contributed by atoms with Crippen molar-refractivity contribution in [2.75, 3.05) is 12.4 Å². The number of hydrogen-bond donors (Lipinski definition) is 1. The van der Waals surface area contributed by atoms with Crippen LogP contribution in [0.25, 0.3) is 0 Å². The Morgan fingerprint density at radius 1 is 1.04 bits per heavy atom. The molecule has 0 saturated carbocycles. The lowest BCUT2D eigenvalue weighted by molar-refractivity contribution is -0.119. The first kappa shape index (κ1) is 21.7. The molecule has 5 nitrogen and oxygen atoms in total. The van der Waals surface area contributed by atoms with Crippen molar-refractivity contribution in [1.29, 1.82) is 0 Å². The molecule has 2 aromatic carbocycles. The van der Waals surface area contributed by atoms with E-state index in [2.05, 4.69) is 5.32 Å². The van der Waals surface area contributed by atoms with Gasteiger partial charge in [0.05, 0.1) is 11.3 Å². The number of nitrogens with one attached hydrogen (secondary N) is 1. The van der Waals surface area contributed by atoms with Crippen LogP contribution in [-0.4, -0.2) is 36.1 Å². The molecule has 1 amide bonds. The molecule has 6 heteroatoms. The third-order valence-corrected chi connectivity index (χ3v) is 5.01. The average Bonchev–Trinajstić information content (AvgIpc) is 2.64. The van der Waals surface area contributed by atoms with E-state index in [1.165, 1.54) is 11.8 Å². The minimum atomic E-state index is -0.578. The number of ether oxygens (including phenoxy) is 1. The molecule has 0 heterocycles. The predicted molar refractivity (Wildman–Crippen MR) is 111 cm³/mol. The molecule has 2 aromatic rings. The van der Waals surface area contributed by atoms with Gasteiger partial charge in [0.25, 0.3) is 0 Å². The van der Waals surface area contributed by atoms with Crippen LogP contribution in [0.3, 0.4) is 0 Å². The number of ketones is 1. The summed E-state index contributed by atoms with van der Waals surface area (Å²) in [6.45, 7) is 7.27. The van der Waals surface area contributed by atoms with E-state index in [-0.39, 0.29) is 30.1 Å². The fourth-order valence-electron chi connectivity index (χ4n) is 2.68. The maximum Gasteiger partial charge on any atom is 0.339 e. The highest BCUT2D eigenvalue weighted by molar-refractivity contribution is 8.00. The Morgan fingerprint density at radius 3 is 2.43 bits per heavy atom. The molecule has 0 radical (unpaired) electrons. The van der Waals surface area contributed by atoms with Gasteiger partial charge >= 0.3 is 5.97 Å². The number of carbonyl (C=O) groups is 3. The smallest absolute Gasteiger partial charge is 0.339 e. The van der Waals surface area contributed by atoms with Crippen LogP contribution in [0, 0.1) is 13.8 Å². The topological polar surface area (TPSA) is 72.5 Å². The van der Waals surface area contributed by atoms with Crippen molar-refractivity contribution in [1.82, 2.24) is 5.32 Å². The minimum Gasteiger partial charge on any atom is -0.454 e. The van der Waals surface area contributed by atoms with E-state index in [0.717, 1.165) is 11.1 Å². The zero-order chi connectivity index (χ0) is 20.7. The van der Waals surface area contributed by atoms with Gasteiger partial charge in [0.15, 0.2) is 6.61 Å². The highest BCUT2D eigenvalue weighted by atomic mass is 32.2. The Bertz CT molecular complexity index is 877. The van der Waals surface area contributed by atoms with Crippen LogP contribution in [0.1, 0.15) is 45.7 Å². The molecule has 1 N–H and O–H groups in total. The second-order valence-corrected chi connectivity index (χ2v) is 7.84. The Kier molecular flexibility index (Phi) is 7.81. The lowest BCUT2D eigenvalue weighted by Gasteiger charge is -2.11. The molecule has 0 aliphatic rings. The molecule has 0 unspecified atom stereocenters. The van der Waals surface area contributed by atoms with Crippen LogP contribution in [0.4, 0.5) is 0 Å². The van der Waals surface area contributed by atoms with E-state index >= 15 is 0 Å². The van der Waals surface area contributed by atoms with Gasteiger partial charge in [-0.2, -0.15) is 0 Å². The highest BCUT2D eigenvalue weighted by Gasteiger charge is 2.17. The summed E-state index contributed by atoms with van der Waals surface area (Å²) in [5, 5.41) is 2.81.